The van der Waals surface area contributed by atoms with Gasteiger partial charge in [0, 0.05) is 47.4 Å². The van der Waals surface area contributed by atoms with Crippen molar-refractivity contribution in [1.29, 1.82) is 0 Å². The van der Waals surface area contributed by atoms with E-state index in [4.69, 9.17) is 16.3 Å². The van der Waals surface area contributed by atoms with Crippen LogP contribution in [0.15, 0.2) is 66.7 Å². The van der Waals surface area contributed by atoms with Crippen molar-refractivity contribution in [3.05, 3.63) is 100 Å². The first-order valence-electron chi connectivity index (χ1n) is 14.0. The fraction of sp³-hybridized carbons (Fsp3) is 0.355. The van der Waals surface area contributed by atoms with E-state index in [0.29, 0.717) is 29.2 Å². The fourth-order valence-corrected chi connectivity index (χ4v) is 7.39. The van der Waals surface area contributed by atoms with E-state index in [9.17, 15) is 22.4 Å². The van der Waals surface area contributed by atoms with E-state index in [0.717, 1.165) is 13.4 Å². The first-order chi connectivity index (χ1) is 20.9. The van der Waals surface area contributed by atoms with E-state index >= 15 is 4.39 Å². The second-order valence-electron chi connectivity index (χ2n) is 10.7. The predicted molar refractivity (Wildman–Crippen MR) is 165 cm³/mol. The summed E-state index contributed by atoms with van der Waals surface area (Å²) < 4.78 is 60.9. The molecule has 1 fully saturated rings. The molecule has 4 rings (SSSR count). The standard InChI is InChI=1S/C31H35ClF2N4O5S/c1-19-17-35-18-24(38(19)44(3,41)42)13-14-25-26(34)11-6-12-27(25)36-30(39)29(37-31(40)43-2)28(20-7-4-9-22(32)15-20)21-8-5-10-23(33)16-21/h4-12,15-16,19,24,28-29,35H,13-14,17-18H2,1-3H3,(H,36,39)(H,37,40). The van der Waals surface area contributed by atoms with Crippen molar-refractivity contribution in [2.75, 3.05) is 31.8 Å². The van der Waals surface area contributed by atoms with E-state index in [1.807, 2.05) is 0 Å². The molecule has 4 atom stereocenters. The number of sulfonamides is 1. The molecule has 3 aromatic rings. The van der Waals surface area contributed by atoms with Gasteiger partial charge in [0.25, 0.3) is 0 Å². The molecule has 0 aromatic heterocycles. The zero-order chi connectivity index (χ0) is 32.0. The van der Waals surface area contributed by atoms with Crippen LogP contribution in [-0.4, -0.2) is 69.3 Å². The summed E-state index contributed by atoms with van der Waals surface area (Å²) in [6.07, 6.45) is 0.643. The van der Waals surface area contributed by atoms with Gasteiger partial charge in [0.1, 0.15) is 17.7 Å². The van der Waals surface area contributed by atoms with Crippen molar-refractivity contribution in [3.8, 4) is 0 Å². The summed E-state index contributed by atoms with van der Waals surface area (Å²) in [4.78, 5) is 26.5. The Kier molecular flexibility index (Phi) is 11.0. The Balaban J connectivity index is 1.68. The van der Waals surface area contributed by atoms with Gasteiger partial charge in [-0.2, -0.15) is 4.31 Å². The zero-order valence-electron chi connectivity index (χ0n) is 24.5. The highest BCUT2D eigenvalue weighted by molar-refractivity contribution is 7.88. The van der Waals surface area contributed by atoms with Gasteiger partial charge in [0.15, 0.2) is 0 Å². The van der Waals surface area contributed by atoms with Crippen LogP contribution in [0.2, 0.25) is 5.02 Å². The first-order valence-corrected chi connectivity index (χ1v) is 16.2. The van der Waals surface area contributed by atoms with Crippen molar-refractivity contribution in [1.82, 2.24) is 14.9 Å². The molecule has 1 aliphatic heterocycles. The Morgan fingerprint density at radius 1 is 1.07 bits per heavy atom. The molecule has 9 nitrogen and oxygen atoms in total. The van der Waals surface area contributed by atoms with Gasteiger partial charge in [0.05, 0.1) is 13.4 Å². The molecule has 3 N–H and O–H groups in total. The van der Waals surface area contributed by atoms with Crippen LogP contribution < -0.4 is 16.0 Å². The van der Waals surface area contributed by atoms with Gasteiger partial charge in [-0.3, -0.25) is 4.79 Å². The molecular weight excluding hydrogens is 614 g/mol. The molecule has 13 heteroatoms. The molecule has 0 radical (unpaired) electrons. The second kappa shape index (κ2) is 14.5. The lowest BCUT2D eigenvalue weighted by molar-refractivity contribution is -0.118. The van der Waals surface area contributed by atoms with E-state index in [1.54, 1.807) is 37.3 Å². The molecular formula is C31H35ClF2N4O5S. The number of halogens is 3. The molecule has 4 unspecified atom stereocenters. The predicted octanol–water partition coefficient (Wildman–Crippen LogP) is 4.67. The molecule has 1 heterocycles. The average molecular weight is 649 g/mol. The lowest BCUT2D eigenvalue weighted by atomic mass is 9.84. The third-order valence-corrected chi connectivity index (χ3v) is 9.25. The lowest BCUT2D eigenvalue weighted by Gasteiger charge is -2.39. The Labute approximate surface area is 261 Å². The van der Waals surface area contributed by atoms with E-state index in [2.05, 4.69) is 16.0 Å². The van der Waals surface area contributed by atoms with Crippen molar-refractivity contribution >= 4 is 39.3 Å². The fourth-order valence-electron chi connectivity index (χ4n) is 5.74. The molecule has 44 heavy (non-hydrogen) atoms. The van der Waals surface area contributed by atoms with E-state index in [-0.39, 0.29) is 30.1 Å². The van der Waals surface area contributed by atoms with Gasteiger partial charge in [-0.25, -0.2) is 22.0 Å². The topological polar surface area (TPSA) is 117 Å². The van der Waals surface area contributed by atoms with Crippen molar-refractivity contribution in [2.24, 2.45) is 0 Å². The maximum absolute atomic E-state index is 15.3. The number of piperazine rings is 1. The number of hydrogen-bond donors (Lipinski definition) is 3. The number of methoxy groups -OCH3 is 1. The van der Waals surface area contributed by atoms with Crippen molar-refractivity contribution in [2.45, 2.75) is 43.8 Å². The Morgan fingerprint density at radius 3 is 2.41 bits per heavy atom. The summed E-state index contributed by atoms with van der Waals surface area (Å²) >= 11 is 6.27. The summed E-state index contributed by atoms with van der Waals surface area (Å²) in [6, 6.07) is 14.4. The highest BCUT2D eigenvalue weighted by Crippen LogP contribution is 2.32. The second-order valence-corrected chi connectivity index (χ2v) is 13.1. The summed E-state index contributed by atoms with van der Waals surface area (Å²) in [5.74, 6) is -2.77. The highest BCUT2D eigenvalue weighted by Gasteiger charge is 2.36. The average Bonchev–Trinajstić information content (AvgIpc) is 2.96. The molecule has 0 saturated carbocycles. The SMILES string of the molecule is COC(=O)NC(C(=O)Nc1cccc(F)c1CCC1CNCC(C)N1S(C)(=O)=O)C(c1cccc(F)c1)c1cccc(Cl)c1. The summed E-state index contributed by atoms with van der Waals surface area (Å²) in [5.41, 5.74) is 1.22. The number of carbonyl (C=O) groups excluding carboxylic acids is 2. The molecule has 0 bridgehead atoms. The van der Waals surface area contributed by atoms with Gasteiger partial charge < -0.3 is 20.7 Å². The summed E-state index contributed by atoms with van der Waals surface area (Å²) in [7, 11) is -2.37. The van der Waals surface area contributed by atoms with E-state index < -0.39 is 51.7 Å². The molecule has 0 aliphatic carbocycles. The lowest BCUT2D eigenvalue weighted by Crippen LogP contribution is -2.58. The summed E-state index contributed by atoms with van der Waals surface area (Å²) in [6.45, 7) is 2.70. The van der Waals surface area contributed by atoms with Crippen LogP contribution in [-0.2, 0) is 26.0 Å². The molecule has 2 amide bonds. The third-order valence-electron chi connectivity index (χ3n) is 7.59. The number of alkyl carbamates (subject to hydrolysis) is 1. The largest absolute Gasteiger partial charge is 0.453 e. The monoisotopic (exact) mass is 648 g/mol. The van der Waals surface area contributed by atoms with Gasteiger partial charge in [-0.05, 0) is 67.3 Å². The van der Waals surface area contributed by atoms with Crippen LogP contribution in [0.5, 0.6) is 0 Å². The molecule has 0 spiro atoms. The number of rotatable bonds is 10. The number of hydrogen-bond acceptors (Lipinski definition) is 6. The van der Waals surface area contributed by atoms with Gasteiger partial charge in [-0.15, -0.1) is 0 Å². The Bertz CT molecular complexity index is 1560. The smallest absolute Gasteiger partial charge is 0.407 e. The number of nitrogens with one attached hydrogen (secondary N) is 3. The van der Waals surface area contributed by atoms with Gasteiger partial charge in [0.2, 0.25) is 15.9 Å². The molecule has 1 aliphatic rings. The Morgan fingerprint density at radius 2 is 1.75 bits per heavy atom. The van der Waals surface area contributed by atoms with Crippen LogP contribution >= 0.6 is 11.6 Å². The van der Waals surface area contributed by atoms with Crippen molar-refractivity contribution < 1.29 is 31.5 Å². The minimum atomic E-state index is -3.52. The molecule has 1 saturated heterocycles. The number of ether oxygens (including phenoxy) is 1. The number of carbonyl (C=O) groups is 2. The van der Waals surface area contributed by atoms with Crippen LogP contribution in [0, 0.1) is 11.6 Å². The van der Waals surface area contributed by atoms with Gasteiger partial charge in [-0.1, -0.05) is 41.9 Å². The van der Waals surface area contributed by atoms with Gasteiger partial charge >= 0.3 is 6.09 Å². The molecule has 3 aromatic carbocycles. The normalized spacial score (nSPS) is 18.7. The van der Waals surface area contributed by atoms with E-state index in [1.165, 1.54) is 40.7 Å². The number of amides is 2. The summed E-state index contributed by atoms with van der Waals surface area (Å²) in [5, 5.41) is 8.88. The maximum atomic E-state index is 15.3. The maximum Gasteiger partial charge on any atom is 0.407 e. The number of anilines is 1. The zero-order valence-corrected chi connectivity index (χ0v) is 26.1. The quantitative estimate of drug-likeness (QED) is 0.294. The minimum absolute atomic E-state index is 0.115. The van der Waals surface area contributed by atoms with Crippen LogP contribution in [0.4, 0.5) is 19.3 Å². The Hall–Kier alpha value is -3.58. The highest BCUT2D eigenvalue weighted by atomic mass is 35.5. The van der Waals surface area contributed by atoms with Crippen LogP contribution in [0.25, 0.3) is 0 Å². The van der Waals surface area contributed by atoms with Crippen LogP contribution in [0.3, 0.4) is 0 Å². The van der Waals surface area contributed by atoms with Crippen molar-refractivity contribution in [3.63, 3.8) is 0 Å². The first kappa shape index (κ1) is 33.3. The molecule has 236 valence electrons. The minimum Gasteiger partial charge on any atom is -0.453 e. The number of nitrogens with zero attached hydrogens (tertiary/aromatic N) is 1. The number of benzene rings is 3. The van der Waals surface area contributed by atoms with Crippen LogP contribution in [0.1, 0.15) is 36.0 Å². The third kappa shape index (κ3) is 8.12.